The van der Waals surface area contributed by atoms with Crippen LogP contribution < -0.4 is 5.32 Å². The van der Waals surface area contributed by atoms with Crippen LogP contribution >= 0.6 is 0 Å². The van der Waals surface area contributed by atoms with E-state index < -0.39 is 6.04 Å². The number of nitrogens with one attached hydrogen (secondary N) is 1. The third-order valence-corrected chi connectivity index (χ3v) is 3.77. The van der Waals surface area contributed by atoms with Gasteiger partial charge >= 0.3 is 0 Å². The number of likely N-dealkylation sites (tertiary alicyclic amines) is 1. The van der Waals surface area contributed by atoms with Gasteiger partial charge in [0.1, 0.15) is 6.04 Å². The van der Waals surface area contributed by atoms with Crippen molar-refractivity contribution in [1.82, 2.24) is 10.1 Å². The highest BCUT2D eigenvalue weighted by Crippen LogP contribution is 2.23. The van der Waals surface area contributed by atoms with Crippen LogP contribution in [0.1, 0.15) is 44.4 Å². The Labute approximate surface area is 118 Å². The molecule has 110 valence electrons. The summed E-state index contributed by atoms with van der Waals surface area (Å²) in [5.41, 5.74) is 1.69. The topological polar surface area (TPSA) is 75.4 Å². The number of aromatic nitrogens is 1. The number of amides is 2. The Kier molecular flexibility index (Phi) is 4.42. The molecule has 6 heteroatoms. The Morgan fingerprint density at radius 3 is 2.80 bits per heavy atom. The molecular weight excluding hydrogens is 258 g/mol. The van der Waals surface area contributed by atoms with Crippen molar-refractivity contribution < 1.29 is 14.1 Å². The number of aryl methyl sites for hydroxylation is 1. The van der Waals surface area contributed by atoms with Crippen molar-refractivity contribution in [2.75, 3.05) is 11.9 Å². The van der Waals surface area contributed by atoms with Gasteiger partial charge in [0.05, 0.1) is 5.69 Å². The minimum atomic E-state index is -0.392. The smallest absolute Gasteiger partial charge is 0.249 e. The molecule has 0 radical (unpaired) electrons. The standard InChI is InChI=1S/C14H21N3O3/c1-4-10-9(3)14(20-16-10)15-13(19)11-7-6-8-17(11)12(18)5-2/h11H,4-8H2,1-3H3,(H,15,19)/t11-/m0/s1. The number of nitrogens with zero attached hydrogens (tertiary/aromatic N) is 2. The molecule has 2 amide bonds. The van der Waals surface area contributed by atoms with Crippen LogP contribution in [0.2, 0.25) is 0 Å². The molecule has 0 aliphatic carbocycles. The van der Waals surface area contributed by atoms with Crippen LogP contribution in [-0.4, -0.2) is 34.5 Å². The van der Waals surface area contributed by atoms with E-state index >= 15 is 0 Å². The largest absolute Gasteiger partial charge is 0.338 e. The zero-order valence-electron chi connectivity index (χ0n) is 12.2. The molecule has 20 heavy (non-hydrogen) atoms. The third-order valence-electron chi connectivity index (χ3n) is 3.77. The van der Waals surface area contributed by atoms with E-state index in [-0.39, 0.29) is 11.8 Å². The van der Waals surface area contributed by atoms with Gasteiger partial charge in [0.15, 0.2) is 0 Å². The van der Waals surface area contributed by atoms with Gasteiger partial charge < -0.3 is 9.42 Å². The molecule has 1 aliphatic rings. The summed E-state index contributed by atoms with van der Waals surface area (Å²) in [4.78, 5) is 25.8. The van der Waals surface area contributed by atoms with E-state index in [2.05, 4.69) is 10.5 Å². The van der Waals surface area contributed by atoms with Crippen molar-refractivity contribution in [3.8, 4) is 0 Å². The molecule has 2 rings (SSSR count). The molecule has 1 atom stereocenters. The zero-order chi connectivity index (χ0) is 14.7. The highest BCUT2D eigenvalue weighted by molar-refractivity contribution is 5.97. The Morgan fingerprint density at radius 2 is 2.20 bits per heavy atom. The summed E-state index contributed by atoms with van der Waals surface area (Å²) in [6, 6.07) is -0.392. The Hall–Kier alpha value is -1.85. The molecule has 1 N–H and O–H groups in total. The second-order valence-electron chi connectivity index (χ2n) is 5.02. The second kappa shape index (κ2) is 6.07. The van der Waals surface area contributed by atoms with Gasteiger partial charge in [-0.3, -0.25) is 14.9 Å². The summed E-state index contributed by atoms with van der Waals surface area (Å²) < 4.78 is 5.15. The maximum absolute atomic E-state index is 12.3. The molecule has 1 fully saturated rings. The molecule has 6 nitrogen and oxygen atoms in total. The third kappa shape index (κ3) is 2.69. The van der Waals surface area contributed by atoms with Crippen LogP contribution in [0.3, 0.4) is 0 Å². The summed E-state index contributed by atoms with van der Waals surface area (Å²) in [5.74, 6) is 0.222. The summed E-state index contributed by atoms with van der Waals surface area (Å²) >= 11 is 0. The number of carbonyl (C=O) groups is 2. The molecule has 1 saturated heterocycles. The first-order valence-electron chi connectivity index (χ1n) is 7.13. The average Bonchev–Trinajstić information content (AvgIpc) is 3.06. The summed E-state index contributed by atoms with van der Waals surface area (Å²) in [7, 11) is 0. The lowest BCUT2D eigenvalue weighted by molar-refractivity contribution is -0.136. The maximum atomic E-state index is 12.3. The van der Waals surface area contributed by atoms with Crippen molar-refractivity contribution in [1.29, 1.82) is 0 Å². The van der Waals surface area contributed by atoms with E-state index in [1.165, 1.54) is 0 Å². The molecule has 0 bridgehead atoms. The molecule has 0 spiro atoms. The first-order valence-corrected chi connectivity index (χ1v) is 7.13. The molecule has 1 aromatic rings. The minimum absolute atomic E-state index is 0.0196. The van der Waals surface area contributed by atoms with E-state index in [4.69, 9.17) is 4.52 Å². The predicted octanol–water partition coefficient (Wildman–Crippen LogP) is 1.88. The van der Waals surface area contributed by atoms with Crippen LogP contribution in [0.4, 0.5) is 5.88 Å². The first kappa shape index (κ1) is 14.6. The Morgan fingerprint density at radius 1 is 1.45 bits per heavy atom. The summed E-state index contributed by atoms with van der Waals surface area (Å²) in [6.45, 7) is 6.31. The van der Waals surface area contributed by atoms with Gasteiger partial charge in [-0.15, -0.1) is 0 Å². The van der Waals surface area contributed by atoms with Gasteiger partial charge in [-0.25, -0.2) is 0 Å². The van der Waals surface area contributed by atoms with Crippen molar-refractivity contribution in [3.63, 3.8) is 0 Å². The lowest BCUT2D eigenvalue weighted by Gasteiger charge is -2.22. The van der Waals surface area contributed by atoms with Gasteiger partial charge in [-0.1, -0.05) is 19.0 Å². The first-order chi connectivity index (χ1) is 9.58. The molecule has 2 heterocycles. The maximum Gasteiger partial charge on any atom is 0.249 e. The van der Waals surface area contributed by atoms with Crippen LogP contribution in [0.5, 0.6) is 0 Å². The van der Waals surface area contributed by atoms with Crippen molar-refractivity contribution in [2.24, 2.45) is 0 Å². The molecule has 0 saturated carbocycles. The van der Waals surface area contributed by atoms with Gasteiger partial charge in [-0.05, 0) is 26.2 Å². The highest BCUT2D eigenvalue weighted by atomic mass is 16.5. The SMILES string of the molecule is CCC(=O)N1CCC[C@H]1C(=O)Nc1onc(CC)c1C. The summed E-state index contributed by atoms with van der Waals surface area (Å²) in [5, 5.41) is 6.67. The number of hydrogen-bond acceptors (Lipinski definition) is 4. The lowest BCUT2D eigenvalue weighted by atomic mass is 10.2. The quantitative estimate of drug-likeness (QED) is 0.913. The number of hydrogen-bond donors (Lipinski definition) is 1. The van der Waals surface area contributed by atoms with E-state index in [9.17, 15) is 9.59 Å². The zero-order valence-corrected chi connectivity index (χ0v) is 12.2. The predicted molar refractivity (Wildman–Crippen MR) is 74.3 cm³/mol. The van der Waals surface area contributed by atoms with Crippen molar-refractivity contribution >= 4 is 17.7 Å². The normalized spacial score (nSPS) is 18.4. The van der Waals surface area contributed by atoms with Gasteiger partial charge in [0, 0.05) is 18.5 Å². The van der Waals surface area contributed by atoms with Crippen molar-refractivity contribution in [2.45, 2.75) is 52.5 Å². The molecular formula is C14H21N3O3. The molecule has 1 aromatic heterocycles. The molecule has 1 aliphatic heterocycles. The minimum Gasteiger partial charge on any atom is -0.338 e. The van der Waals surface area contributed by atoms with E-state index in [0.29, 0.717) is 25.3 Å². The Balaban J connectivity index is 2.07. The fourth-order valence-corrected chi connectivity index (χ4v) is 2.55. The Bertz CT molecular complexity index is 510. The van der Waals surface area contributed by atoms with Crippen LogP contribution in [0.15, 0.2) is 4.52 Å². The van der Waals surface area contributed by atoms with Crippen LogP contribution in [0, 0.1) is 6.92 Å². The van der Waals surface area contributed by atoms with Gasteiger partial charge in [0.2, 0.25) is 17.7 Å². The van der Waals surface area contributed by atoms with Gasteiger partial charge in [-0.2, -0.15) is 0 Å². The second-order valence-corrected chi connectivity index (χ2v) is 5.02. The average molecular weight is 279 g/mol. The van der Waals surface area contributed by atoms with Crippen LogP contribution in [0.25, 0.3) is 0 Å². The number of carbonyl (C=O) groups excluding carboxylic acids is 2. The van der Waals surface area contributed by atoms with E-state index in [1.807, 2.05) is 20.8 Å². The molecule has 0 unspecified atom stereocenters. The van der Waals surface area contributed by atoms with E-state index in [1.54, 1.807) is 4.90 Å². The van der Waals surface area contributed by atoms with Crippen LogP contribution in [-0.2, 0) is 16.0 Å². The lowest BCUT2D eigenvalue weighted by Crippen LogP contribution is -2.42. The van der Waals surface area contributed by atoms with E-state index in [0.717, 1.165) is 24.1 Å². The fraction of sp³-hybridized carbons (Fsp3) is 0.643. The highest BCUT2D eigenvalue weighted by Gasteiger charge is 2.34. The number of rotatable bonds is 4. The molecule has 0 aromatic carbocycles. The van der Waals surface area contributed by atoms with Crippen molar-refractivity contribution in [3.05, 3.63) is 11.3 Å². The summed E-state index contributed by atoms with van der Waals surface area (Å²) in [6.07, 6.45) is 2.74. The van der Waals surface area contributed by atoms with Gasteiger partial charge in [0.25, 0.3) is 0 Å². The monoisotopic (exact) mass is 279 g/mol. The number of anilines is 1. The fourth-order valence-electron chi connectivity index (χ4n) is 2.55.